The fourth-order valence-corrected chi connectivity index (χ4v) is 3.45. The van der Waals surface area contributed by atoms with Crippen LogP contribution in [0.4, 0.5) is 10.7 Å². The molecule has 1 aromatic carbocycles. The molecule has 156 valence electrons. The van der Waals surface area contributed by atoms with E-state index in [9.17, 15) is 4.79 Å². The van der Waals surface area contributed by atoms with Gasteiger partial charge in [0.1, 0.15) is 12.2 Å². The maximum atomic E-state index is 12.5. The molecule has 0 N–H and O–H groups in total. The minimum absolute atomic E-state index is 0.00814. The van der Waals surface area contributed by atoms with Crippen molar-refractivity contribution in [3.05, 3.63) is 48.3 Å². The molecule has 2 atom stereocenters. The quantitative estimate of drug-likeness (QED) is 0.778. The summed E-state index contributed by atoms with van der Waals surface area (Å²) in [7, 11) is 0. The van der Waals surface area contributed by atoms with Gasteiger partial charge in [-0.3, -0.25) is 4.90 Å². The van der Waals surface area contributed by atoms with Crippen molar-refractivity contribution in [1.82, 2.24) is 14.9 Å². The number of ether oxygens (including phenoxy) is 2. The Morgan fingerprint density at radius 1 is 1.07 bits per heavy atom. The van der Waals surface area contributed by atoms with E-state index >= 15 is 0 Å². The zero-order valence-electron chi connectivity index (χ0n) is 17.8. The van der Waals surface area contributed by atoms with Gasteiger partial charge >= 0.3 is 6.09 Å². The Morgan fingerprint density at radius 3 is 2.21 bits per heavy atom. The van der Waals surface area contributed by atoms with Crippen LogP contribution in [0.25, 0.3) is 0 Å². The highest BCUT2D eigenvalue weighted by Gasteiger charge is 2.36. The highest BCUT2D eigenvalue weighted by Crippen LogP contribution is 2.23. The molecule has 2 heterocycles. The van der Waals surface area contributed by atoms with Crippen molar-refractivity contribution < 1.29 is 14.3 Å². The maximum Gasteiger partial charge on any atom is 0.410 e. The lowest BCUT2D eigenvalue weighted by Gasteiger charge is -2.44. The molecule has 1 fully saturated rings. The molecule has 1 aromatic heterocycles. The zero-order valence-corrected chi connectivity index (χ0v) is 17.8. The number of amides is 1. The monoisotopic (exact) mass is 398 g/mol. The van der Waals surface area contributed by atoms with Gasteiger partial charge < -0.3 is 14.4 Å². The van der Waals surface area contributed by atoms with Crippen LogP contribution in [0.1, 0.15) is 40.2 Å². The number of aromatic nitrogens is 2. The second-order valence-corrected chi connectivity index (χ2v) is 8.48. The number of carbonyl (C=O) groups is 1. The molecule has 0 bridgehead atoms. The van der Waals surface area contributed by atoms with Crippen LogP contribution < -0.4 is 9.64 Å². The summed E-state index contributed by atoms with van der Waals surface area (Å²) >= 11 is 0. The summed E-state index contributed by atoms with van der Waals surface area (Å²) in [5.41, 5.74) is 0.587. The van der Waals surface area contributed by atoms with Crippen LogP contribution in [-0.2, 0) is 11.3 Å². The summed E-state index contributed by atoms with van der Waals surface area (Å²) in [5, 5.41) is 0. The van der Waals surface area contributed by atoms with Gasteiger partial charge in [-0.2, -0.15) is 0 Å². The van der Waals surface area contributed by atoms with Crippen molar-refractivity contribution in [1.29, 1.82) is 0 Å². The van der Waals surface area contributed by atoms with E-state index in [1.54, 1.807) is 17.3 Å². The number of anilines is 1. The van der Waals surface area contributed by atoms with Gasteiger partial charge in [0.15, 0.2) is 5.75 Å². The molecule has 0 spiro atoms. The highest BCUT2D eigenvalue weighted by molar-refractivity contribution is 5.69. The third-order valence-electron chi connectivity index (χ3n) is 4.67. The third kappa shape index (κ3) is 5.59. The highest BCUT2D eigenvalue weighted by atomic mass is 16.6. The number of benzene rings is 1. The van der Waals surface area contributed by atoms with Gasteiger partial charge in [-0.1, -0.05) is 30.3 Å². The molecule has 0 radical (unpaired) electrons. The van der Waals surface area contributed by atoms with Crippen molar-refractivity contribution in [2.24, 2.45) is 0 Å². The van der Waals surface area contributed by atoms with Crippen molar-refractivity contribution in [3.8, 4) is 5.75 Å². The number of hydrogen-bond acceptors (Lipinski definition) is 6. The molecule has 1 aliphatic rings. The van der Waals surface area contributed by atoms with E-state index in [0.717, 1.165) is 5.56 Å². The van der Waals surface area contributed by atoms with Crippen LogP contribution in [0, 0.1) is 0 Å². The summed E-state index contributed by atoms with van der Waals surface area (Å²) in [4.78, 5) is 25.4. The molecule has 1 amide bonds. The summed E-state index contributed by atoms with van der Waals surface area (Å²) < 4.78 is 11.3. The first-order valence-electron chi connectivity index (χ1n) is 9.98. The molecule has 29 heavy (non-hydrogen) atoms. The fourth-order valence-electron chi connectivity index (χ4n) is 3.45. The van der Waals surface area contributed by atoms with Crippen molar-refractivity contribution in [2.75, 3.05) is 18.0 Å². The van der Waals surface area contributed by atoms with Gasteiger partial charge in [0.05, 0.1) is 24.5 Å². The van der Waals surface area contributed by atoms with E-state index in [2.05, 4.69) is 14.9 Å². The molecule has 3 rings (SSSR count). The Morgan fingerprint density at radius 2 is 1.66 bits per heavy atom. The first-order valence-corrected chi connectivity index (χ1v) is 9.98. The van der Waals surface area contributed by atoms with E-state index in [4.69, 9.17) is 9.47 Å². The number of carbonyl (C=O) groups excluding carboxylic acids is 1. The van der Waals surface area contributed by atoms with Crippen LogP contribution in [-0.4, -0.2) is 51.7 Å². The van der Waals surface area contributed by atoms with Crippen LogP contribution in [0.5, 0.6) is 5.75 Å². The van der Waals surface area contributed by atoms with Gasteiger partial charge in [0.2, 0.25) is 5.95 Å². The molecule has 7 nitrogen and oxygen atoms in total. The summed E-state index contributed by atoms with van der Waals surface area (Å²) in [6.45, 7) is 11.4. The lowest BCUT2D eigenvalue weighted by molar-refractivity contribution is 0.00554. The van der Waals surface area contributed by atoms with Gasteiger partial charge in [0, 0.05) is 13.1 Å². The fraction of sp³-hybridized carbons (Fsp3) is 0.500. The predicted molar refractivity (Wildman–Crippen MR) is 112 cm³/mol. The van der Waals surface area contributed by atoms with E-state index in [1.807, 2.05) is 65.0 Å². The molecule has 2 aromatic rings. The maximum absolute atomic E-state index is 12.5. The predicted octanol–water partition coefficient (Wildman–Crippen LogP) is 3.89. The van der Waals surface area contributed by atoms with Gasteiger partial charge in [-0.25, -0.2) is 14.8 Å². The average Bonchev–Trinajstić information content (AvgIpc) is 2.65. The summed E-state index contributed by atoms with van der Waals surface area (Å²) in [6, 6.07) is 9.96. The van der Waals surface area contributed by atoms with Gasteiger partial charge in [-0.05, 0) is 40.2 Å². The molecule has 0 saturated carbocycles. The summed E-state index contributed by atoms with van der Waals surface area (Å²) in [5.74, 6) is 1.27. The Kier molecular flexibility index (Phi) is 6.25. The zero-order chi connectivity index (χ0) is 21.0. The van der Waals surface area contributed by atoms with E-state index in [-0.39, 0.29) is 18.2 Å². The number of nitrogens with zero attached hydrogens (tertiary/aromatic N) is 4. The summed E-state index contributed by atoms with van der Waals surface area (Å²) in [6.07, 6.45) is 3.12. The molecule has 0 unspecified atom stereocenters. The first-order chi connectivity index (χ1) is 13.7. The van der Waals surface area contributed by atoms with Crippen LogP contribution >= 0.6 is 0 Å². The third-order valence-corrected chi connectivity index (χ3v) is 4.67. The van der Waals surface area contributed by atoms with Crippen LogP contribution in [0.15, 0.2) is 42.7 Å². The molecule has 0 aliphatic carbocycles. The SMILES string of the molecule is C[C@@H]1CN(c2ncc(OCc3ccccc3)cn2)C[C@H](C)N1C(=O)OC(C)(C)C. The van der Waals surface area contributed by atoms with E-state index < -0.39 is 5.60 Å². The average molecular weight is 399 g/mol. The molecular weight excluding hydrogens is 368 g/mol. The van der Waals surface area contributed by atoms with Crippen LogP contribution in [0.2, 0.25) is 0 Å². The first kappa shape index (κ1) is 20.9. The largest absolute Gasteiger partial charge is 0.486 e. The topological polar surface area (TPSA) is 67.8 Å². The second-order valence-electron chi connectivity index (χ2n) is 8.48. The van der Waals surface area contributed by atoms with Crippen molar-refractivity contribution in [3.63, 3.8) is 0 Å². The number of piperazine rings is 1. The molecule has 1 saturated heterocycles. The second kappa shape index (κ2) is 8.68. The van der Waals surface area contributed by atoms with E-state index in [1.165, 1.54) is 0 Å². The number of rotatable bonds is 4. The smallest absolute Gasteiger partial charge is 0.410 e. The Balaban J connectivity index is 1.59. The molecular formula is C22H30N4O3. The molecule has 1 aliphatic heterocycles. The van der Waals surface area contributed by atoms with Crippen LogP contribution in [0.3, 0.4) is 0 Å². The minimum atomic E-state index is -0.508. The Labute approximate surface area is 172 Å². The van der Waals surface area contributed by atoms with Gasteiger partial charge in [0.25, 0.3) is 0 Å². The van der Waals surface area contributed by atoms with E-state index in [0.29, 0.717) is 31.4 Å². The Hall–Kier alpha value is -2.83. The lowest BCUT2D eigenvalue weighted by Crippen LogP contribution is -2.59. The standard InChI is InChI=1S/C22H30N4O3/c1-16-13-25(14-17(2)26(16)21(27)29-22(3,4)5)20-23-11-19(12-24-20)28-15-18-9-7-6-8-10-18/h6-12,16-17H,13-15H2,1-5H3/t16-,17+. The Bertz CT molecular complexity index is 793. The minimum Gasteiger partial charge on any atom is -0.486 e. The normalized spacial score (nSPS) is 19.8. The lowest BCUT2D eigenvalue weighted by atomic mass is 10.1. The van der Waals surface area contributed by atoms with Gasteiger partial charge in [-0.15, -0.1) is 0 Å². The van der Waals surface area contributed by atoms with Crippen molar-refractivity contribution >= 4 is 12.0 Å². The van der Waals surface area contributed by atoms with Crippen molar-refractivity contribution in [2.45, 2.75) is 58.9 Å². The molecule has 7 heteroatoms. The number of hydrogen-bond donors (Lipinski definition) is 0.